The van der Waals surface area contributed by atoms with Crippen molar-refractivity contribution >= 4 is 110 Å². The summed E-state index contributed by atoms with van der Waals surface area (Å²) in [7, 11) is 5.11. The molecule has 0 aliphatic carbocycles. The summed E-state index contributed by atoms with van der Waals surface area (Å²) >= 11 is 2.47. The third kappa shape index (κ3) is 9.22. The third-order valence-corrected chi connectivity index (χ3v) is 0. The van der Waals surface area contributed by atoms with Gasteiger partial charge in [-0.25, -0.2) is 0 Å². The number of hydrogen-bond donors (Lipinski definition) is 0. The van der Waals surface area contributed by atoms with Crippen LogP contribution in [0, 0.1) is 0 Å². The van der Waals surface area contributed by atoms with Gasteiger partial charge >= 0.3 is 40.9 Å². The van der Waals surface area contributed by atoms with Crippen molar-refractivity contribution in [1.82, 2.24) is 0 Å². The van der Waals surface area contributed by atoms with E-state index in [2.05, 4.69) is 12.0 Å². The number of rotatable bonds is 0. The van der Waals surface area contributed by atoms with E-state index in [1.807, 2.05) is 0 Å². The van der Waals surface area contributed by atoms with Crippen molar-refractivity contribution < 1.29 is 0 Å². The van der Waals surface area contributed by atoms with E-state index in [9.17, 15) is 0 Å². The van der Waals surface area contributed by atoms with Crippen LogP contribution in [0.5, 0.6) is 0 Å². The van der Waals surface area contributed by atoms with E-state index in [1.54, 1.807) is 0 Å². The molecule has 0 heterocycles. The van der Waals surface area contributed by atoms with Crippen LogP contribution in [0.3, 0.4) is 0 Å². The number of halogens is 2. The van der Waals surface area contributed by atoms with Crippen LogP contribution in [0.25, 0.3) is 0 Å². The van der Waals surface area contributed by atoms with Gasteiger partial charge in [0.1, 0.15) is 0 Å². The molecule has 0 amide bonds. The molecule has 0 fully saturated rings. The summed E-state index contributed by atoms with van der Waals surface area (Å²) in [5.74, 6) is 0. The summed E-state index contributed by atoms with van der Waals surface area (Å²) < 4.78 is 0. The fourth-order valence-electron chi connectivity index (χ4n) is 0. The Morgan fingerprint density at radius 3 is 1.75 bits per heavy atom. The molecule has 4 heavy (non-hydrogen) atoms. The Labute approximate surface area is 106 Å². The second-order valence-corrected chi connectivity index (χ2v) is 9.77. The summed E-state index contributed by atoms with van der Waals surface area (Å²) in [6, 6.07) is 0. The Morgan fingerprint density at radius 1 is 1.75 bits per heavy atom. The Balaban J connectivity index is 0. The smallest absolute Gasteiger partial charge is 0 e. The van der Waals surface area contributed by atoms with Crippen molar-refractivity contribution in [2.75, 3.05) is 0 Å². The maximum Gasteiger partial charge on any atom is 0 e. The van der Waals surface area contributed by atoms with Crippen LogP contribution in [0.1, 0.15) is 0 Å². The minimum Gasteiger partial charge on any atom is 0 e. The second kappa shape index (κ2) is 9.89. The molecule has 4 heteroatoms. The summed E-state index contributed by atoms with van der Waals surface area (Å²) in [5.41, 5.74) is 0. The molecule has 0 aromatic carbocycles. The summed E-state index contributed by atoms with van der Waals surface area (Å²) in [6.07, 6.45) is 0. The molecule has 0 aromatic rings. The second-order valence-electron chi connectivity index (χ2n) is 0.0714. The first kappa shape index (κ1) is 10.7. The molecule has 0 aliphatic rings. The zero-order chi connectivity index (χ0) is 2.71. The summed E-state index contributed by atoms with van der Waals surface area (Å²) in [5, 5.41) is 0. The van der Waals surface area contributed by atoms with Crippen molar-refractivity contribution in [2.45, 2.75) is 0 Å². The van der Waals surface area contributed by atoms with E-state index in [4.69, 9.17) is 8.32 Å². The molecule has 0 atom stereocenters. The van der Waals surface area contributed by atoms with Crippen LogP contribution >= 0.6 is 20.3 Å². The fourth-order valence-corrected chi connectivity index (χ4v) is 0. The average Bonchev–Trinajstić information content (AvgIpc) is 0.918. The predicted octanol–water partition coefficient (Wildman–Crippen LogP) is 0.774. The van der Waals surface area contributed by atoms with Crippen LogP contribution in [-0.4, -0.2) is 89.5 Å². The van der Waals surface area contributed by atoms with E-state index >= 15 is 0 Å². The van der Waals surface area contributed by atoms with Crippen LogP contribution in [-0.2, 0) is 0 Å². The van der Waals surface area contributed by atoms with E-state index in [0.29, 0.717) is 0 Å². The molecule has 0 rings (SSSR count). The predicted molar refractivity (Wildman–Crippen MR) is 26.3 cm³/mol. The van der Waals surface area contributed by atoms with Gasteiger partial charge in [-0.2, -0.15) is 0 Å². The van der Waals surface area contributed by atoms with Crippen LogP contribution in [0.4, 0.5) is 0 Å². The molecule has 3 radical (unpaired) electrons. The van der Waals surface area contributed by atoms with Gasteiger partial charge < -0.3 is 0 Å². The number of hydrogen-bond acceptors (Lipinski definition) is 0. The topological polar surface area (TPSA) is 0 Å². The maximum absolute atomic E-state index is 5.11. The Kier molecular flexibility index (Phi) is 26.4. The monoisotopic (exact) mass is 455 g/mol. The van der Waals surface area contributed by atoms with Gasteiger partial charge in [0.15, 0.2) is 0 Å². The van der Waals surface area contributed by atoms with Crippen molar-refractivity contribution in [2.24, 2.45) is 0 Å². The fraction of sp³-hybridized carbons (Fsp3) is 0. The largest absolute Gasteiger partial charge is 0 e. The zero-order valence-electron chi connectivity index (χ0n) is 2.26. The SMILES string of the molecule is [Cl][Pb][Br].[Cs]. The first-order chi connectivity index (χ1) is 1.41. The van der Waals surface area contributed by atoms with Crippen molar-refractivity contribution in [1.29, 1.82) is 0 Å². The summed E-state index contributed by atoms with van der Waals surface area (Å²) in [6.45, 7) is 0. The van der Waals surface area contributed by atoms with E-state index in [0.717, 1.165) is 0 Å². The van der Waals surface area contributed by atoms with Gasteiger partial charge in [0.2, 0.25) is 0 Å². The van der Waals surface area contributed by atoms with Crippen molar-refractivity contribution in [3.05, 3.63) is 0 Å². The Hall–Kier alpha value is 3.74. The van der Waals surface area contributed by atoms with Crippen LogP contribution in [0.15, 0.2) is 0 Å². The molecule has 0 unspecified atom stereocenters. The molecule has 0 N–H and O–H groups in total. The Bertz CT molecular complexity index is 8.00. The average molecular weight is 455 g/mol. The van der Waals surface area contributed by atoms with Gasteiger partial charge in [-0.15, -0.1) is 0 Å². The molecular formula is BrClCsPb. The third-order valence-electron chi connectivity index (χ3n) is 0. The van der Waals surface area contributed by atoms with Crippen LogP contribution < -0.4 is 0 Å². The quantitative estimate of drug-likeness (QED) is 0.474. The molecule has 19 valence electrons. The van der Waals surface area contributed by atoms with Gasteiger partial charge in [0.05, 0.1) is 0 Å². The molecule has 0 spiro atoms. The molecule has 0 nitrogen and oxygen atoms in total. The van der Waals surface area contributed by atoms with Crippen molar-refractivity contribution in [3.8, 4) is 0 Å². The molecule has 0 aliphatic heterocycles. The maximum atomic E-state index is 5.11. The normalized spacial score (nSPS) is 4.50. The van der Waals surface area contributed by atoms with Crippen LogP contribution in [0.2, 0.25) is 0 Å². The van der Waals surface area contributed by atoms with Gasteiger partial charge in [-0.3, -0.25) is 0 Å². The van der Waals surface area contributed by atoms with Gasteiger partial charge in [-0.1, -0.05) is 0 Å². The van der Waals surface area contributed by atoms with Gasteiger partial charge in [0, 0.05) is 68.9 Å². The molecule has 0 bridgehead atoms. The Morgan fingerprint density at radius 2 is 1.75 bits per heavy atom. The molecule has 0 saturated carbocycles. The van der Waals surface area contributed by atoms with E-state index in [1.165, 1.54) is 0 Å². The van der Waals surface area contributed by atoms with E-state index < -0.39 is 20.6 Å². The molecular weight excluding hydrogens is 455 g/mol. The molecule has 0 saturated heterocycles. The van der Waals surface area contributed by atoms with Gasteiger partial charge in [0.25, 0.3) is 0 Å². The zero-order valence-corrected chi connectivity index (χ0v) is 14.8. The summed E-state index contributed by atoms with van der Waals surface area (Å²) in [4.78, 5) is 0. The molecule has 0 aromatic heterocycles. The first-order valence-electron chi connectivity index (χ1n) is 0.378. The van der Waals surface area contributed by atoms with Gasteiger partial charge in [-0.05, 0) is 0 Å². The first-order valence-corrected chi connectivity index (χ1v) is 13.6. The minimum atomic E-state index is -0.632. The van der Waals surface area contributed by atoms with E-state index in [-0.39, 0.29) is 68.9 Å². The minimum absolute atomic E-state index is 0. The van der Waals surface area contributed by atoms with Crippen molar-refractivity contribution in [3.63, 3.8) is 0 Å². The standard InChI is InChI=1S/BrH.ClH.Cs.Pb/h2*1H;;/q;;;+2/p-2.